The Labute approximate surface area is 156 Å². The van der Waals surface area contributed by atoms with E-state index in [-0.39, 0.29) is 5.91 Å². The molecule has 2 aromatic carbocycles. The van der Waals surface area contributed by atoms with Crippen LogP contribution in [0.2, 0.25) is 5.02 Å². The van der Waals surface area contributed by atoms with E-state index in [9.17, 15) is 9.59 Å². The molecule has 0 bridgehead atoms. The van der Waals surface area contributed by atoms with Gasteiger partial charge in [-0.1, -0.05) is 42.8 Å². The highest BCUT2D eigenvalue weighted by atomic mass is 35.5. The summed E-state index contributed by atoms with van der Waals surface area (Å²) >= 11 is 6.05. The maximum Gasteiger partial charge on any atom is 0.274 e. The summed E-state index contributed by atoms with van der Waals surface area (Å²) in [4.78, 5) is 29.3. The summed E-state index contributed by atoms with van der Waals surface area (Å²) in [6, 6.07) is 14.1. The smallest absolute Gasteiger partial charge is 0.274 e. The van der Waals surface area contributed by atoms with Crippen LogP contribution in [0.15, 0.2) is 54.7 Å². The molecule has 0 saturated heterocycles. The van der Waals surface area contributed by atoms with E-state index >= 15 is 0 Å². The van der Waals surface area contributed by atoms with E-state index in [1.165, 1.54) is 0 Å². The summed E-state index contributed by atoms with van der Waals surface area (Å²) in [7, 11) is 0. The van der Waals surface area contributed by atoms with Crippen molar-refractivity contribution in [3.8, 4) is 0 Å². The first-order valence-corrected chi connectivity index (χ1v) is 8.71. The normalized spacial score (nSPS) is 10.5. The topological polar surface area (TPSA) is 71.1 Å². The molecule has 0 radical (unpaired) electrons. The highest BCUT2D eigenvalue weighted by molar-refractivity contribution is 6.31. The summed E-state index contributed by atoms with van der Waals surface area (Å²) in [5.74, 6) is -0.654. The summed E-state index contributed by atoms with van der Waals surface area (Å²) in [5.41, 5.74) is 1.00. The van der Waals surface area contributed by atoms with Gasteiger partial charge in [-0.25, -0.2) is 0 Å². The molecule has 132 valence electrons. The molecule has 3 rings (SSSR count). The van der Waals surface area contributed by atoms with Gasteiger partial charge in [-0.2, -0.15) is 0 Å². The number of carbonyl (C=O) groups is 2. The third-order valence-electron chi connectivity index (χ3n) is 3.90. The molecule has 0 aliphatic carbocycles. The summed E-state index contributed by atoms with van der Waals surface area (Å²) in [5, 5.41) is 7.66. The number of nitrogens with one attached hydrogen (secondary N) is 2. The minimum absolute atomic E-state index is 0.260. The van der Waals surface area contributed by atoms with E-state index in [2.05, 4.69) is 15.6 Å². The predicted octanol–water partition coefficient (Wildman–Crippen LogP) is 4.28. The van der Waals surface area contributed by atoms with Crippen LogP contribution in [0.5, 0.6) is 0 Å². The molecule has 2 amide bonds. The molecule has 5 nitrogen and oxygen atoms in total. The molecule has 0 atom stereocenters. The number of carbonyl (C=O) groups excluding carboxylic acids is 2. The Morgan fingerprint density at radius 2 is 1.88 bits per heavy atom. The van der Waals surface area contributed by atoms with E-state index in [4.69, 9.17) is 11.6 Å². The number of amides is 2. The van der Waals surface area contributed by atoms with Crippen LogP contribution in [-0.4, -0.2) is 23.3 Å². The van der Waals surface area contributed by atoms with Crippen molar-refractivity contribution in [2.45, 2.75) is 13.3 Å². The number of nitrogens with zero attached hydrogens (tertiary/aromatic N) is 1. The van der Waals surface area contributed by atoms with Crippen LogP contribution >= 0.6 is 11.6 Å². The zero-order valence-electron chi connectivity index (χ0n) is 14.3. The lowest BCUT2D eigenvalue weighted by molar-refractivity contribution is 0.0954. The Balaban J connectivity index is 1.94. The Bertz CT molecular complexity index is 967. The molecule has 1 aromatic heterocycles. The summed E-state index contributed by atoms with van der Waals surface area (Å²) < 4.78 is 0. The molecule has 0 aliphatic rings. The van der Waals surface area contributed by atoms with Gasteiger partial charge in [0, 0.05) is 23.2 Å². The Morgan fingerprint density at radius 3 is 2.69 bits per heavy atom. The van der Waals surface area contributed by atoms with Gasteiger partial charge >= 0.3 is 0 Å². The van der Waals surface area contributed by atoms with Crippen molar-refractivity contribution >= 4 is 39.9 Å². The second-order valence-corrected chi connectivity index (χ2v) is 6.22. The van der Waals surface area contributed by atoms with Gasteiger partial charge in [-0.05, 0) is 36.1 Å². The first-order valence-electron chi connectivity index (χ1n) is 8.33. The second kappa shape index (κ2) is 7.97. The van der Waals surface area contributed by atoms with Crippen LogP contribution in [0.3, 0.4) is 0 Å². The predicted molar refractivity (Wildman–Crippen MR) is 104 cm³/mol. The van der Waals surface area contributed by atoms with E-state index in [1.54, 1.807) is 24.4 Å². The molecule has 3 aromatic rings. The largest absolute Gasteiger partial charge is 0.352 e. The molecule has 1 heterocycles. The first kappa shape index (κ1) is 17.9. The Morgan fingerprint density at radius 1 is 1.08 bits per heavy atom. The molecule has 0 spiro atoms. The number of rotatable bonds is 5. The average molecular weight is 368 g/mol. The number of hydrogen-bond acceptors (Lipinski definition) is 3. The molecule has 26 heavy (non-hydrogen) atoms. The molecule has 0 fully saturated rings. The monoisotopic (exact) mass is 367 g/mol. The number of hydrogen-bond donors (Lipinski definition) is 2. The fraction of sp³-hybridized carbons (Fsp3) is 0.150. The number of aromatic nitrogens is 1. The zero-order valence-corrected chi connectivity index (χ0v) is 15.0. The van der Waals surface area contributed by atoms with Gasteiger partial charge in [0.25, 0.3) is 11.8 Å². The van der Waals surface area contributed by atoms with Crippen LogP contribution in [0.1, 0.15) is 34.2 Å². The maximum absolute atomic E-state index is 12.8. The van der Waals surface area contributed by atoms with E-state index in [0.717, 1.165) is 17.2 Å². The van der Waals surface area contributed by atoms with Crippen LogP contribution < -0.4 is 10.6 Å². The number of fused-ring (bicyclic) bond motifs is 1. The van der Waals surface area contributed by atoms with Crippen molar-refractivity contribution in [3.05, 3.63) is 71.0 Å². The van der Waals surface area contributed by atoms with Gasteiger partial charge in [0.2, 0.25) is 0 Å². The number of benzene rings is 2. The molecule has 0 aliphatic heterocycles. The van der Waals surface area contributed by atoms with Gasteiger partial charge in [0.15, 0.2) is 0 Å². The van der Waals surface area contributed by atoms with Crippen LogP contribution in [-0.2, 0) is 0 Å². The lowest BCUT2D eigenvalue weighted by Crippen LogP contribution is -2.26. The van der Waals surface area contributed by atoms with E-state index < -0.39 is 5.91 Å². The van der Waals surface area contributed by atoms with Crippen molar-refractivity contribution in [3.63, 3.8) is 0 Å². The van der Waals surface area contributed by atoms with E-state index in [1.807, 2.05) is 37.3 Å². The molecule has 6 heteroatoms. The fourth-order valence-corrected chi connectivity index (χ4v) is 2.81. The van der Waals surface area contributed by atoms with Crippen molar-refractivity contribution in [1.29, 1.82) is 0 Å². The van der Waals surface area contributed by atoms with Crippen LogP contribution in [0.25, 0.3) is 10.8 Å². The van der Waals surface area contributed by atoms with Crippen LogP contribution in [0, 0.1) is 0 Å². The van der Waals surface area contributed by atoms with Gasteiger partial charge in [0.1, 0.15) is 5.69 Å². The quantitative estimate of drug-likeness (QED) is 0.707. The van der Waals surface area contributed by atoms with Crippen molar-refractivity contribution in [2.24, 2.45) is 0 Å². The van der Waals surface area contributed by atoms with Gasteiger partial charge in [-0.3, -0.25) is 14.6 Å². The average Bonchev–Trinajstić information content (AvgIpc) is 2.65. The third kappa shape index (κ3) is 3.83. The molecule has 0 saturated carbocycles. The van der Waals surface area contributed by atoms with Crippen molar-refractivity contribution in [1.82, 2.24) is 10.3 Å². The Hall–Kier alpha value is -2.92. The number of anilines is 1. The van der Waals surface area contributed by atoms with Crippen LogP contribution in [0.4, 0.5) is 5.69 Å². The Kier molecular flexibility index (Phi) is 5.49. The van der Waals surface area contributed by atoms with Crippen molar-refractivity contribution < 1.29 is 9.59 Å². The standard InChI is InChI=1S/C20H18ClN3O2/c1-2-10-23-19(25)16-8-7-14(21)12-17(16)24-20(26)18-15-6-4-3-5-13(15)9-11-22-18/h3-9,11-12H,2,10H2,1H3,(H,23,25)(H,24,26). The van der Waals surface area contributed by atoms with Crippen molar-refractivity contribution in [2.75, 3.05) is 11.9 Å². The lowest BCUT2D eigenvalue weighted by atomic mass is 10.1. The van der Waals surface area contributed by atoms with Gasteiger partial charge in [-0.15, -0.1) is 0 Å². The second-order valence-electron chi connectivity index (χ2n) is 5.78. The first-order chi connectivity index (χ1) is 12.6. The van der Waals surface area contributed by atoms with Gasteiger partial charge < -0.3 is 10.6 Å². The third-order valence-corrected chi connectivity index (χ3v) is 4.13. The molecule has 2 N–H and O–H groups in total. The SMILES string of the molecule is CCCNC(=O)c1ccc(Cl)cc1NC(=O)c1nccc2ccccc12. The highest BCUT2D eigenvalue weighted by Crippen LogP contribution is 2.23. The van der Waals surface area contributed by atoms with Gasteiger partial charge in [0.05, 0.1) is 11.3 Å². The zero-order chi connectivity index (χ0) is 18.5. The molecule has 0 unspecified atom stereocenters. The maximum atomic E-state index is 12.8. The molecular weight excluding hydrogens is 350 g/mol. The number of pyridine rings is 1. The fourth-order valence-electron chi connectivity index (χ4n) is 2.63. The summed E-state index contributed by atoms with van der Waals surface area (Å²) in [6.07, 6.45) is 2.41. The summed E-state index contributed by atoms with van der Waals surface area (Å²) in [6.45, 7) is 2.52. The minimum Gasteiger partial charge on any atom is -0.352 e. The highest BCUT2D eigenvalue weighted by Gasteiger charge is 2.17. The minimum atomic E-state index is -0.395. The van der Waals surface area contributed by atoms with E-state index in [0.29, 0.717) is 28.5 Å². The molecular formula is C20H18ClN3O2. The lowest BCUT2D eigenvalue weighted by Gasteiger charge is -2.12. The number of halogens is 1.